The Labute approximate surface area is 79.5 Å². The van der Waals surface area contributed by atoms with Gasteiger partial charge in [0.1, 0.15) is 0 Å². The molecule has 0 unspecified atom stereocenters. The van der Waals surface area contributed by atoms with E-state index in [1.54, 1.807) is 6.21 Å². The van der Waals surface area contributed by atoms with E-state index >= 15 is 0 Å². The molecule has 0 aromatic heterocycles. The fourth-order valence-electron chi connectivity index (χ4n) is 0.578. The third kappa shape index (κ3) is 7.25. The normalized spacial score (nSPS) is 13.5. The second-order valence-electron chi connectivity index (χ2n) is 3.84. The molecule has 13 heavy (non-hydrogen) atoms. The molecule has 0 aromatic carbocycles. The first-order chi connectivity index (χ1) is 5.85. The zero-order valence-electron chi connectivity index (χ0n) is 8.92. The van der Waals surface area contributed by atoms with Gasteiger partial charge in [-0.05, 0) is 33.3 Å². The molecule has 0 saturated heterocycles. The van der Waals surface area contributed by atoms with Gasteiger partial charge in [-0.2, -0.15) is 0 Å². The van der Waals surface area contributed by atoms with E-state index in [4.69, 9.17) is 0 Å². The maximum absolute atomic E-state index is 10.8. The van der Waals surface area contributed by atoms with E-state index in [9.17, 15) is 4.79 Å². The van der Waals surface area contributed by atoms with Gasteiger partial charge < -0.3 is 4.74 Å². The average Bonchev–Trinajstić information content (AvgIpc) is 1.99. The van der Waals surface area contributed by atoms with Crippen molar-refractivity contribution in [3.63, 3.8) is 0 Å². The van der Waals surface area contributed by atoms with Crippen LogP contribution < -0.4 is 0 Å². The number of methoxy groups -OCH3 is 1. The largest absolute Gasteiger partial charge is 0.466 e. The van der Waals surface area contributed by atoms with Gasteiger partial charge in [-0.15, -0.1) is 0 Å². The highest BCUT2D eigenvalue weighted by molar-refractivity contribution is 5.91. The van der Waals surface area contributed by atoms with Crippen molar-refractivity contribution >= 4 is 12.2 Å². The van der Waals surface area contributed by atoms with Crippen LogP contribution in [-0.2, 0) is 9.53 Å². The first-order valence-electron chi connectivity index (χ1n) is 4.16. The summed E-state index contributed by atoms with van der Waals surface area (Å²) < 4.78 is 4.48. The Morgan fingerprint density at radius 1 is 1.38 bits per heavy atom. The van der Waals surface area contributed by atoms with Crippen molar-refractivity contribution in [3.8, 4) is 0 Å². The molecule has 0 amide bonds. The number of hydrogen-bond donors (Lipinski definition) is 0. The van der Waals surface area contributed by atoms with Crippen molar-refractivity contribution in [2.75, 3.05) is 7.11 Å². The summed E-state index contributed by atoms with van der Waals surface area (Å²) in [4.78, 5) is 15.0. The molecule has 74 valence electrons. The van der Waals surface area contributed by atoms with Gasteiger partial charge in [0.2, 0.25) is 0 Å². The highest BCUT2D eigenvalue weighted by Crippen LogP contribution is 2.05. The Balaban J connectivity index is 4.30. The Hall–Kier alpha value is -1.12. The summed E-state index contributed by atoms with van der Waals surface area (Å²) in [5, 5.41) is 0. The molecule has 0 aromatic rings. The molecule has 0 radical (unpaired) electrons. The number of nitrogens with zero attached hydrogens (tertiary/aromatic N) is 1. The number of allylic oxidation sites excluding steroid dienone is 1. The van der Waals surface area contributed by atoms with Gasteiger partial charge in [0.25, 0.3) is 0 Å². The first-order valence-corrected chi connectivity index (χ1v) is 4.16. The number of hydrogen-bond acceptors (Lipinski definition) is 3. The topological polar surface area (TPSA) is 38.7 Å². The van der Waals surface area contributed by atoms with Crippen LogP contribution in [0.5, 0.6) is 0 Å². The van der Waals surface area contributed by atoms with Crippen molar-refractivity contribution in [1.29, 1.82) is 0 Å². The third-order valence-corrected chi connectivity index (χ3v) is 1.20. The minimum absolute atomic E-state index is 0.106. The van der Waals surface area contributed by atoms with Gasteiger partial charge in [-0.1, -0.05) is 0 Å². The number of carbonyl (C=O) groups excluding carboxylic acids is 1. The highest BCUT2D eigenvalue weighted by atomic mass is 16.5. The lowest BCUT2D eigenvalue weighted by Gasteiger charge is -2.10. The molecule has 0 rings (SSSR count). The Morgan fingerprint density at radius 2 is 1.92 bits per heavy atom. The maximum atomic E-state index is 10.8. The number of carbonyl (C=O) groups is 1. The van der Waals surface area contributed by atoms with Crippen molar-refractivity contribution < 1.29 is 9.53 Å². The molecular formula is C10H17NO2. The predicted molar refractivity (Wildman–Crippen MR) is 54.0 cm³/mol. The minimum atomic E-state index is -0.349. The zero-order chi connectivity index (χ0) is 10.5. The zero-order valence-corrected chi connectivity index (χ0v) is 8.92. The van der Waals surface area contributed by atoms with E-state index in [1.807, 2.05) is 27.7 Å². The van der Waals surface area contributed by atoms with Crippen LogP contribution in [0, 0.1) is 0 Å². The SMILES string of the molecule is COC(=O)/C=C(\C)C=NC(C)(C)C. The van der Waals surface area contributed by atoms with Gasteiger partial charge in [0.15, 0.2) is 0 Å². The molecule has 0 aliphatic carbocycles. The first kappa shape index (κ1) is 11.9. The molecule has 3 heteroatoms. The van der Waals surface area contributed by atoms with Crippen molar-refractivity contribution in [1.82, 2.24) is 0 Å². The van der Waals surface area contributed by atoms with Crippen LogP contribution >= 0.6 is 0 Å². The maximum Gasteiger partial charge on any atom is 0.330 e. The van der Waals surface area contributed by atoms with Crippen molar-refractivity contribution in [2.24, 2.45) is 4.99 Å². The Kier molecular flexibility index (Phi) is 4.38. The molecule has 0 atom stereocenters. The molecule has 0 saturated carbocycles. The molecule has 0 aliphatic rings. The Morgan fingerprint density at radius 3 is 2.31 bits per heavy atom. The average molecular weight is 183 g/mol. The number of esters is 1. The predicted octanol–water partition coefficient (Wildman–Crippen LogP) is 1.97. The molecule has 0 N–H and O–H groups in total. The lowest BCUT2D eigenvalue weighted by molar-refractivity contribution is -0.134. The highest BCUT2D eigenvalue weighted by Gasteiger charge is 2.04. The van der Waals surface area contributed by atoms with Crippen LogP contribution in [0.1, 0.15) is 27.7 Å². The van der Waals surface area contributed by atoms with E-state index < -0.39 is 0 Å². The molecule has 3 nitrogen and oxygen atoms in total. The van der Waals surface area contributed by atoms with E-state index in [0.717, 1.165) is 5.57 Å². The quantitative estimate of drug-likeness (QED) is 0.373. The smallest absolute Gasteiger partial charge is 0.330 e. The van der Waals surface area contributed by atoms with Gasteiger partial charge in [-0.3, -0.25) is 4.99 Å². The Bertz CT molecular complexity index is 234. The summed E-state index contributed by atoms with van der Waals surface area (Å²) in [6, 6.07) is 0. The standard InChI is InChI=1S/C10H17NO2/c1-8(6-9(12)13-5)7-11-10(2,3)4/h6-7H,1-5H3/b8-6+,11-7?. The monoisotopic (exact) mass is 183 g/mol. The van der Waals surface area contributed by atoms with Crippen LogP contribution in [0.25, 0.3) is 0 Å². The van der Waals surface area contributed by atoms with Crippen molar-refractivity contribution in [3.05, 3.63) is 11.6 Å². The summed E-state index contributed by atoms with van der Waals surface area (Å²) in [5.74, 6) is -0.349. The van der Waals surface area contributed by atoms with Gasteiger partial charge in [0.05, 0.1) is 12.6 Å². The number of ether oxygens (including phenoxy) is 1. The summed E-state index contributed by atoms with van der Waals surface area (Å²) >= 11 is 0. The van der Waals surface area contributed by atoms with Crippen LogP contribution in [0.3, 0.4) is 0 Å². The molecule has 0 bridgehead atoms. The van der Waals surface area contributed by atoms with E-state index in [1.165, 1.54) is 13.2 Å². The lowest BCUT2D eigenvalue weighted by atomic mass is 10.1. The lowest BCUT2D eigenvalue weighted by Crippen LogP contribution is -2.09. The summed E-state index contributed by atoms with van der Waals surface area (Å²) in [6.07, 6.45) is 3.09. The fraction of sp³-hybridized carbons (Fsp3) is 0.600. The second-order valence-corrected chi connectivity index (χ2v) is 3.84. The van der Waals surface area contributed by atoms with Crippen molar-refractivity contribution in [2.45, 2.75) is 33.2 Å². The summed E-state index contributed by atoms with van der Waals surface area (Å²) in [5.41, 5.74) is 0.687. The van der Waals surface area contributed by atoms with Gasteiger partial charge >= 0.3 is 5.97 Å². The minimum Gasteiger partial charge on any atom is -0.466 e. The van der Waals surface area contributed by atoms with E-state index in [2.05, 4.69) is 9.73 Å². The third-order valence-electron chi connectivity index (χ3n) is 1.20. The molecule has 0 aliphatic heterocycles. The molecule has 0 spiro atoms. The second kappa shape index (κ2) is 4.80. The van der Waals surface area contributed by atoms with Crippen LogP contribution in [0.2, 0.25) is 0 Å². The fourth-order valence-corrected chi connectivity index (χ4v) is 0.578. The van der Waals surface area contributed by atoms with Crippen LogP contribution in [0.15, 0.2) is 16.6 Å². The van der Waals surface area contributed by atoms with Gasteiger partial charge in [-0.25, -0.2) is 4.79 Å². The van der Waals surface area contributed by atoms with Crippen LogP contribution in [-0.4, -0.2) is 24.8 Å². The summed E-state index contributed by atoms with van der Waals surface area (Å²) in [7, 11) is 1.35. The van der Waals surface area contributed by atoms with E-state index in [0.29, 0.717) is 0 Å². The number of rotatable bonds is 2. The molecule has 0 fully saturated rings. The number of aliphatic imine (C=N–C) groups is 1. The van der Waals surface area contributed by atoms with Gasteiger partial charge in [0, 0.05) is 12.3 Å². The summed E-state index contributed by atoms with van der Waals surface area (Å²) in [6.45, 7) is 7.80. The molecular weight excluding hydrogens is 166 g/mol. The molecule has 0 heterocycles. The van der Waals surface area contributed by atoms with E-state index in [-0.39, 0.29) is 11.5 Å². The van der Waals surface area contributed by atoms with Crippen LogP contribution in [0.4, 0.5) is 0 Å².